The van der Waals surface area contributed by atoms with Crippen LogP contribution < -0.4 is 10.2 Å². The van der Waals surface area contributed by atoms with Gasteiger partial charge in [-0.1, -0.05) is 0 Å². The minimum Gasteiger partial charge on any atom is -0.379 e. The van der Waals surface area contributed by atoms with Crippen LogP contribution in [0.25, 0.3) is 0 Å². The molecule has 9 nitrogen and oxygen atoms in total. The molecular formula is C19H34IN7O2. The van der Waals surface area contributed by atoms with Crippen molar-refractivity contribution in [3.8, 4) is 0 Å². The molecule has 1 aromatic heterocycles. The maximum Gasteiger partial charge on any atom is 0.246 e. The average molecular weight is 519 g/mol. The summed E-state index contributed by atoms with van der Waals surface area (Å²) in [5, 5.41) is 7.52. The SMILES string of the molecule is CCNC(=NCC(C)N1CCOCC1C)N1CCN(c2cnn(C)c2)C(=O)C1.I. The number of piperazine rings is 1. The van der Waals surface area contributed by atoms with Crippen molar-refractivity contribution in [2.45, 2.75) is 32.9 Å². The molecule has 10 heteroatoms. The smallest absolute Gasteiger partial charge is 0.246 e. The minimum atomic E-state index is 0. The van der Waals surface area contributed by atoms with Crippen molar-refractivity contribution in [3.05, 3.63) is 12.4 Å². The van der Waals surface area contributed by atoms with Crippen molar-refractivity contribution in [1.82, 2.24) is 24.9 Å². The minimum absolute atomic E-state index is 0. The van der Waals surface area contributed by atoms with Gasteiger partial charge in [0.2, 0.25) is 5.91 Å². The fourth-order valence-corrected chi connectivity index (χ4v) is 3.82. The van der Waals surface area contributed by atoms with Crippen LogP contribution in [-0.2, 0) is 16.6 Å². The second kappa shape index (κ2) is 11.1. The fourth-order valence-electron chi connectivity index (χ4n) is 3.82. The Labute approximate surface area is 190 Å². The molecule has 0 saturated carbocycles. The number of nitrogens with zero attached hydrogens (tertiary/aromatic N) is 6. The molecule has 164 valence electrons. The summed E-state index contributed by atoms with van der Waals surface area (Å²) in [7, 11) is 1.86. The number of ether oxygens (including phenoxy) is 1. The number of nitrogens with one attached hydrogen (secondary N) is 1. The first-order chi connectivity index (χ1) is 13.5. The van der Waals surface area contributed by atoms with E-state index in [1.165, 1.54) is 0 Å². The summed E-state index contributed by atoms with van der Waals surface area (Å²) in [5.41, 5.74) is 0.851. The number of guanidine groups is 1. The number of aryl methyl sites for hydroxylation is 1. The Kier molecular flexibility index (Phi) is 9.15. The molecule has 2 aliphatic rings. The van der Waals surface area contributed by atoms with Crippen molar-refractivity contribution in [1.29, 1.82) is 0 Å². The highest BCUT2D eigenvalue weighted by Gasteiger charge is 2.28. The van der Waals surface area contributed by atoms with Crippen LogP contribution >= 0.6 is 24.0 Å². The maximum absolute atomic E-state index is 12.7. The molecule has 3 heterocycles. The number of carbonyl (C=O) groups excluding carboxylic acids is 1. The molecule has 0 spiro atoms. The lowest BCUT2D eigenvalue weighted by Crippen LogP contribution is -2.55. The van der Waals surface area contributed by atoms with Crippen molar-refractivity contribution in [2.24, 2.45) is 12.0 Å². The Bertz CT molecular complexity index is 696. The number of hydrogen-bond donors (Lipinski definition) is 1. The standard InChI is InChI=1S/C19H33N7O2.HI/c1-5-20-19(21-10-15(2)25-8-9-28-14-16(25)3)24-6-7-26(18(27)13-24)17-11-22-23(4)12-17;/h11-12,15-16H,5-10,13-14H2,1-4H3,(H,20,21);1H. The zero-order valence-electron chi connectivity index (χ0n) is 17.9. The Morgan fingerprint density at radius 2 is 2.21 bits per heavy atom. The van der Waals surface area contributed by atoms with Crippen molar-refractivity contribution in [3.63, 3.8) is 0 Å². The van der Waals surface area contributed by atoms with Gasteiger partial charge < -0.3 is 19.9 Å². The molecule has 0 radical (unpaired) electrons. The van der Waals surface area contributed by atoms with Gasteiger partial charge in [0, 0.05) is 51.5 Å². The van der Waals surface area contributed by atoms with Crippen molar-refractivity contribution >= 4 is 41.5 Å². The number of hydrogen-bond acceptors (Lipinski definition) is 5. The van der Waals surface area contributed by atoms with Gasteiger partial charge in [-0.2, -0.15) is 5.10 Å². The van der Waals surface area contributed by atoms with Crippen LogP contribution in [0.15, 0.2) is 17.4 Å². The summed E-state index contributed by atoms with van der Waals surface area (Å²) in [6.45, 7) is 12.1. The monoisotopic (exact) mass is 519 g/mol. The number of carbonyl (C=O) groups is 1. The molecule has 2 saturated heterocycles. The fraction of sp³-hybridized carbons (Fsp3) is 0.737. The largest absolute Gasteiger partial charge is 0.379 e. The van der Waals surface area contributed by atoms with Gasteiger partial charge in [-0.25, -0.2) is 0 Å². The second-order valence-electron chi connectivity index (χ2n) is 7.54. The first-order valence-electron chi connectivity index (χ1n) is 10.1. The van der Waals surface area contributed by atoms with E-state index in [4.69, 9.17) is 9.73 Å². The lowest BCUT2D eigenvalue weighted by Gasteiger charge is -2.38. The zero-order valence-corrected chi connectivity index (χ0v) is 20.2. The molecule has 0 bridgehead atoms. The van der Waals surface area contributed by atoms with Crippen LogP contribution in [0.1, 0.15) is 20.8 Å². The Hall–Kier alpha value is -1.40. The number of amides is 1. The third-order valence-electron chi connectivity index (χ3n) is 5.35. The third-order valence-corrected chi connectivity index (χ3v) is 5.35. The number of aromatic nitrogens is 2. The molecule has 2 fully saturated rings. The van der Waals surface area contributed by atoms with Gasteiger partial charge in [0.1, 0.15) is 6.54 Å². The van der Waals surface area contributed by atoms with Crippen LogP contribution in [0.3, 0.4) is 0 Å². The number of anilines is 1. The summed E-state index contributed by atoms with van der Waals surface area (Å²) in [5.74, 6) is 0.883. The van der Waals surface area contributed by atoms with Crippen LogP contribution in [0.5, 0.6) is 0 Å². The van der Waals surface area contributed by atoms with Gasteiger partial charge >= 0.3 is 0 Å². The maximum atomic E-state index is 12.7. The number of aliphatic imine (C=N–C) groups is 1. The number of rotatable bonds is 5. The lowest BCUT2D eigenvalue weighted by atomic mass is 10.2. The summed E-state index contributed by atoms with van der Waals surface area (Å²) in [4.78, 5) is 23.8. The Balaban J connectivity index is 0.00000300. The predicted octanol–water partition coefficient (Wildman–Crippen LogP) is 0.761. The molecule has 1 aromatic rings. The molecule has 2 aliphatic heterocycles. The van der Waals surface area contributed by atoms with Gasteiger partial charge in [-0.3, -0.25) is 19.4 Å². The highest BCUT2D eigenvalue weighted by Crippen LogP contribution is 2.16. The zero-order chi connectivity index (χ0) is 20.1. The number of halogens is 1. The second-order valence-corrected chi connectivity index (χ2v) is 7.54. The van der Waals surface area contributed by atoms with Crippen molar-refractivity contribution in [2.75, 3.05) is 57.4 Å². The lowest BCUT2D eigenvalue weighted by molar-refractivity contribution is -0.120. The number of morpholine rings is 1. The van der Waals surface area contributed by atoms with E-state index >= 15 is 0 Å². The van der Waals surface area contributed by atoms with E-state index in [2.05, 4.69) is 36.1 Å². The molecule has 2 atom stereocenters. The van der Waals surface area contributed by atoms with Gasteiger partial charge in [0.25, 0.3) is 0 Å². The first kappa shape index (κ1) is 23.9. The molecule has 0 aliphatic carbocycles. The van der Waals surface area contributed by atoms with Crippen LogP contribution in [0, 0.1) is 0 Å². The summed E-state index contributed by atoms with van der Waals surface area (Å²) >= 11 is 0. The van der Waals surface area contributed by atoms with E-state index in [0.29, 0.717) is 31.7 Å². The van der Waals surface area contributed by atoms with Crippen LogP contribution in [0.4, 0.5) is 5.69 Å². The van der Waals surface area contributed by atoms with E-state index < -0.39 is 0 Å². The van der Waals surface area contributed by atoms with E-state index in [9.17, 15) is 4.79 Å². The Morgan fingerprint density at radius 3 is 2.83 bits per heavy atom. The van der Waals surface area contributed by atoms with E-state index in [1.807, 2.05) is 18.1 Å². The quantitative estimate of drug-likeness (QED) is 0.352. The van der Waals surface area contributed by atoms with Crippen LogP contribution in [0.2, 0.25) is 0 Å². The third kappa shape index (κ3) is 6.05. The normalized spacial score (nSPS) is 22.4. The molecule has 1 amide bonds. The molecule has 1 N–H and O–H groups in total. The highest BCUT2D eigenvalue weighted by molar-refractivity contribution is 14.0. The van der Waals surface area contributed by atoms with Crippen LogP contribution in [-0.4, -0.2) is 96.0 Å². The van der Waals surface area contributed by atoms with Gasteiger partial charge in [0.05, 0.1) is 31.6 Å². The summed E-state index contributed by atoms with van der Waals surface area (Å²) in [6, 6.07) is 0.742. The summed E-state index contributed by atoms with van der Waals surface area (Å²) in [6.07, 6.45) is 3.61. The molecule has 0 aromatic carbocycles. The van der Waals surface area contributed by atoms with E-state index in [-0.39, 0.29) is 29.9 Å². The Morgan fingerprint density at radius 1 is 1.41 bits per heavy atom. The molecule has 2 unspecified atom stereocenters. The predicted molar refractivity (Wildman–Crippen MR) is 125 cm³/mol. The van der Waals surface area contributed by atoms with Gasteiger partial charge in [-0.05, 0) is 20.8 Å². The summed E-state index contributed by atoms with van der Waals surface area (Å²) < 4.78 is 7.25. The first-order valence-corrected chi connectivity index (χ1v) is 10.1. The van der Waals surface area contributed by atoms with Crippen molar-refractivity contribution < 1.29 is 9.53 Å². The van der Waals surface area contributed by atoms with Gasteiger partial charge in [0.15, 0.2) is 5.96 Å². The van der Waals surface area contributed by atoms with Gasteiger partial charge in [-0.15, -0.1) is 24.0 Å². The molecule has 29 heavy (non-hydrogen) atoms. The highest BCUT2D eigenvalue weighted by atomic mass is 127. The van der Waals surface area contributed by atoms with E-state index in [1.54, 1.807) is 15.8 Å². The average Bonchev–Trinajstić information content (AvgIpc) is 3.11. The van der Waals surface area contributed by atoms with E-state index in [0.717, 1.165) is 44.5 Å². The topological polar surface area (TPSA) is 78.2 Å². The molecule has 3 rings (SSSR count). The molecular weight excluding hydrogens is 485 g/mol.